The van der Waals surface area contributed by atoms with Crippen molar-refractivity contribution >= 4 is 38.5 Å². The third-order valence-corrected chi connectivity index (χ3v) is 5.86. The van der Waals surface area contributed by atoms with E-state index < -0.39 is 0 Å². The minimum absolute atomic E-state index is 0.0312. The fraction of sp³-hybridized carbons (Fsp3) is 0.364. The van der Waals surface area contributed by atoms with Crippen molar-refractivity contribution in [2.45, 2.75) is 46.6 Å². The van der Waals surface area contributed by atoms with Gasteiger partial charge in [-0.25, -0.2) is 0 Å². The third kappa shape index (κ3) is 3.78. The Morgan fingerprint density at radius 3 is 2.71 bits per heavy atom. The summed E-state index contributed by atoms with van der Waals surface area (Å²) in [5.74, 6) is -0.219. The monoisotopic (exact) mass is 443 g/mol. The molecule has 148 valence electrons. The minimum Gasteiger partial charge on any atom is -0.402 e. The molecule has 1 aromatic carbocycles. The van der Waals surface area contributed by atoms with Gasteiger partial charge in [-0.15, -0.1) is 0 Å². The van der Waals surface area contributed by atoms with E-state index in [1.54, 1.807) is 6.08 Å². The number of allylic oxidation sites excluding steroid dienone is 3. The van der Waals surface area contributed by atoms with Crippen LogP contribution >= 0.6 is 15.9 Å². The minimum atomic E-state index is -0.188. The second kappa shape index (κ2) is 7.95. The fourth-order valence-electron chi connectivity index (χ4n) is 3.72. The Kier molecular flexibility index (Phi) is 5.79. The smallest absolute Gasteiger partial charge is 0.252 e. The summed E-state index contributed by atoms with van der Waals surface area (Å²) in [5.41, 5.74) is 10.5. The van der Waals surface area contributed by atoms with Crippen molar-refractivity contribution in [2.75, 3.05) is 6.54 Å². The number of nitrogens with one attached hydrogen (secondary N) is 1. The van der Waals surface area contributed by atoms with Crippen LogP contribution in [0.15, 0.2) is 45.7 Å². The van der Waals surface area contributed by atoms with Gasteiger partial charge >= 0.3 is 0 Å². The number of nitrogens with zero attached hydrogens (tertiary/aromatic N) is 1. The number of aromatic nitrogens is 1. The number of ketones is 1. The van der Waals surface area contributed by atoms with Crippen LogP contribution in [0.2, 0.25) is 0 Å². The lowest BCUT2D eigenvalue weighted by Crippen LogP contribution is -2.30. The Labute approximate surface area is 173 Å². The number of benzene rings is 1. The molecule has 2 aromatic rings. The van der Waals surface area contributed by atoms with Crippen molar-refractivity contribution in [3.63, 3.8) is 0 Å². The second-order valence-electron chi connectivity index (χ2n) is 7.49. The summed E-state index contributed by atoms with van der Waals surface area (Å²) in [6.45, 7) is 8.39. The molecule has 5 nitrogen and oxygen atoms in total. The van der Waals surface area contributed by atoms with Crippen LogP contribution in [0.1, 0.15) is 55.6 Å². The van der Waals surface area contributed by atoms with E-state index in [-0.39, 0.29) is 24.7 Å². The highest BCUT2D eigenvalue weighted by atomic mass is 79.9. The molecule has 0 aliphatic heterocycles. The van der Waals surface area contributed by atoms with Crippen molar-refractivity contribution in [2.24, 2.45) is 5.73 Å². The molecule has 0 radical (unpaired) electrons. The largest absolute Gasteiger partial charge is 0.402 e. The highest BCUT2D eigenvalue weighted by molar-refractivity contribution is 9.10. The average Bonchev–Trinajstić information content (AvgIpc) is 2.95. The van der Waals surface area contributed by atoms with Crippen LogP contribution in [0.4, 0.5) is 0 Å². The molecule has 0 saturated heterocycles. The standard InChI is InChI=1S/C22H26BrN3O2/c1-5-14(4)26-11-13(3)21-17(7-15(23)8-19(21)26)22(28)25-10-18-12(2)6-16(24)9-20(18)27/h6-8,11,14H,5,9-10,24H2,1-4H3,(H,25,28). The third-order valence-electron chi connectivity index (χ3n) is 5.40. The molecule has 1 amide bonds. The van der Waals surface area contributed by atoms with Crippen LogP contribution < -0.4 is 11.1 Å². The van der Waals surface area contributed by atoms with Crippen LogP contribution in [-0.2, 0) is 4.79 Å². The van der Waals surface area contributed by atoms with Gasteiger partial charge in [-0.1, -0.05) is 22.9 Å². The molecule has 0 bridgehead atoms. The molecule has 1 atom stereocenters. The maximum absolute atomic E-state index is 13.0. The number of nitrogens with two attached hydrogens (primary N) is 1. The van der Waals surface area contributed by atoms with Crippen LogP contribution in [0.5, 0.6) is 0 Å². The van der Waals surface area contributed by atoms with Crippen molar-refractivity contribution in [3.8, 4) is 0 Å². The van der Waals surface area contributed by atoms with Gasteiger partial charge < -0.3 is 15.6 Å². The molecule has 0 fully saturated rings. The van der Waals surface area contributed by atoms with Gasteiger partial charge in [0.25, 0.3) is 5.91 Å². The Balaban J connectivity index is 1.95. The van der Waals surface area contributed by atoms with E-state index in [9.17, 15) is 9.59 Å². The van der Waals surface area contributed by atoms with E-state index in [1.165, 1.54) is 0 Å². The maximum atomic E-state index is 13.0. The summed E-state index contributed by atoms with van der Waals surface area (Å²) in [5, 5.41) is 3.88. The lowest BCUT2D eigenvalue weighted by Gasteiger charge is -2.16. The molecule has 3 rings (SSSR count). The molecule has 0 saturated carbocycles. The first-order valence-electron chi connectivity index (χ1n) is 9.50. The fourth-order valence-corrected chi connectivity index (χ4v) is 4.17. The van der Waals surface area contributed by atoms with E-state index in [0.717, 1.165) is 32.9 Å². The summed E-state index contributed by atoms with van der Waals surface area (Å²) < 4.78 is 3.07. The maximum Gasteiger partial charge on any atom is 0.252 e. The Hall–Kier alpha value is -2.34. The number of amides is 1. The molecule has 1 aromatic heterocycles. The van der Waals surface area contributed by atoms with Gasteiger partial charge in [0.2, 0.25) is 0 Å². The predicted molar refractivity (Wildman–Crippen MR) is 116 cm³/mol. The first-order chi connectivity index (χ1) is 13.2. The van der Waals surface area contributed by atoms with Gasteiger partial charge in [-0.2, -0.15) is 0 Å². The second-order valence-corrected chi connectivity index (χ2v) is 8.40. The molecule has 1 aliphatic carbocycles. The molecule has 1 unspecified atom stereocenters. The normalized spacial score (nSPS) is 15.8. The Morgan fingerprint density at radius 1 is 1.36 bits per heavy atom. The molecular weight excluding hydrogens is 418 g/mol. The van der Waals surface area contributed by atoms with Gasteiger partial charge in [0.1, 0.15) is 0 Å². The summed E-state index contributed by atoms with van der Waals surface area (Å²) in [6, 6.07) is 4.23. The molecule has 1 heterocycles. The number of hydrogen-bond donors (Lipinski definition) is 2. The van der Waals surface area contributed by atoms with Crippen molar-refractivity contribution in [1.82, 2.24) is 9.88 Å². The van der Waals surface area contributed by atoms with Gasteiger partial charge in [-0.3, -0.25) is 9.59 Å². The number of aryl methyl sites for hydroxylation is 1. The highest BCUT2D eigenvalue weighted by Gasteiger charge is 2.21. The van der Waals surface area contributed by atoms with Crippen molar-refractivity contribution in [3.05, 3.63) is 56.8 Å². The van der Waals surface area contributed by atoms with E-state index in [1.807, 2.05) is 19.9 Å². The zero-order valence-electron chi connectivity index (χ0n) is 16.7. The summed E-state index contributed by atoms with van der Waals surface area (Å²) >= 11 is 3.54. The Morgan fingerprint density at radius 2 is 2.07 bits per heavy atom. The van der Waals surface area contributed by atoms with Crippen molar-refractivity contribution < 1.29 is 9.59 Å². The summed E-state index contributed by atoms with van der Waals surface area (Å²) in [4.78, 5) is 25.3. The summed E-state index contributed by atoms with van der Waals surface area (Å²) in [7, 11) is 0. The van der Waals surface area contributed by atoms with Gasteiger partial charge in [0.05, 0.1) is 17.5 Å². The molecule has 6 heteroatoms. The first-order valence-corrected chi connectivity index (χ1v) is 10.3. The number of carbonyl (C=O) groups is 2. The molecular formula is C22H26BrN3O2. The number of carbonyl (C=O) groups excluding carboxylic acids is 2. The quantitative estimate of drug-likeness (QED) is 0.711. The molecule has 28 heavy (non-hydrogen) atoms. The summed E-state index contributed by atoms with van der Waals surface area (Å²) in [6.07, 6.45) is 5.12. The molecule has 3 N–H and O–H groups in total. The topological polar surface area (TPSA) is 77.1 Å². The number of fused-ring (bicyclic) bond motifs is 1. The van der Waals surface area contributed by atoms with E-state index >= 15 is 0 Å². The zero-order valence-corrected chi connectivity index (χ0v) is 18.3. The van der Waals surface area contributed by atoms with Gasteiger partial charge in [0.15, 0.2) is 5.78 Å². The van der Waals surface area contributed by atoms with E-state index in [2.05, 4.69) is 51.9 Å². The van der Waals surface area contributed by atoms with Gasteiger partial charge in [-0.05, 0) is 56.5 Å². The Bertz CT molecular complexity index is 1030. The zero-order chi connectivity index (χ0) is 20.6. The highest BCUT2D eigenvalue weighted by Crippen LogP contribution is 2.31. The number of rotatable bonds is 5. The molecule has 1 aliphatic rings. The number of halogens is 1. The predicted octanol–water partition coefficient (Wildman–Crippen LogP) is 4.54. The van der Waals surface area contributed by atoms with Crippen LogP contribution in [0.25, 0.3) is 10.9 Å². The number of hydrogen-bond acceptors (Lipinski definition) is 3. The van der Waals surface area contributed by atoms with E-state index in [4.69, 9.17) is 5.73 Å². The lowest BCUT2D eigenvalue weighted by molar-refractivity contribution is -0.115. The first kappa shape index (κ1) is 20.4. The SMILES string of the molecule is CCC(C)n1cc(C)c2c(C(=O)NCC3=C(C)C=C(N)CC3=O)cc(Br)cc21. The van der Waals surface area contributed by atoms with Crippen LogP contribution in [0.3, 0.4) is 0 Å². The van der Waals surface area contributed by atoms with E-state index in [0.29, 0.717) is 22.9 Å². The molecule has 0 spiro atoms. The van der Waals surface area contributed by atoms with Crippen LogP contribution in [-0.4, -0.2) is 22.8 Å². The average molecular weight is 444 g/mol. The van der Waals surface area contributed by atoms with Gasteiger partial charge in [0, 0.05) is 39.9 Å². The number of Topliss-reactive ketones (excluding diaryl/α,β-unsaturated/α-hetero) is 1. The lowest BCUT2D eigenvalue weighted by atomic mass is 9.95. The van der Waals surface area contributed by atoms with Crippen LogP contribution in [0, 0.1) is 6.92 Å². The van der Waals surface area contributed by atoms with Crippen molar-refractivity contribution in [1.29, 1.82) is 0 Å².